The lowest BCUT2D eigenvalue weighted by molar-refractivity contribution is 0.208. The SMILES string of the molecule is Cc1cccc(Cl)c1NCC(C)O. The van der Waals surface area contributed by atoms with E-state index in [0.29, 0.717) is 11.6 Å². The zero-order chi connectivity index (χ0) is 9.84. The summed E-state index contributed by atoms with van der Waals surface area (Å²) in [5, 5.41) is 12.9. The predicted molar refractivity (Wildman–Crippen MR) is 56.4 cm³/mol. The highest BCUT2D eigenvalue weighted by Gasteiger charge is 2.03. The molecule has 0 heterocycles. The summed E-state index contributed by atoms with van der Waals surface area (Å²) in [5.74, 6) is 0. The Morgan fingerprint density at radius 2 is 2.23 bits per heavy atom. The monoisotopic (exact) mass is 199 g/mol. The van der Waals surface area contributed by atoms with Crippen molar-refractivity contribution in [3.63, 3.8) is 0 Å². The summed E-state index contributed by atoms with van der Waals surface area (Å²) in [4.78, 5) is 0. The van der Waals surface area contributed by atoms with Gasteiger partial charge in [0.05, 0.1) is 16.8 Å². The van der Waals surface area contributed by atoms with Gasteiger partial charge in [-0.1, -0.05) is 23.7 Å². The van der Waals surface area contributed by atoms with Crippen molar-refractivity contribution in [2.24, 2.45) is 0 Å². The van der Waals surface area contributed by atoms with Crippen molar-refractivity contribution in [3.8, 4) is 0 Å². The van der Waals surface area contributed by atoms with Crippen LogP contribution in [0.25, 0.3) is 0 Å². The van der Waals surface area contributed by atoms with Crippen LogP contribution in [0.15, 0.2) is 18.2 Å². The molecule has 0 radical (unpaired) electrons. The molecule has 1 unspecified atom stereocenters. The second-order valence-corrected chi connectivity index (χ2v) is 3.57. The highest BCUT2D eigenvalue weighted by molar-refractivity contribution is 6.33. The van der Waals surface area contributed by atoms with Gasteiger partial charge in [-0.2, -0.15) is 0 Å². The van der Waals surface area contributed by atoms with E-state index in [4.69, 9.17) is 16.7 Å². The van der Waals surface area contributed by atoms with Gasteiger partial charge in [0.2, 0.25) is 0 Å². The summed E-state index contributed by atoms with van der Waals surface area (Å²) in [6.07, 6.45) is -0.365. The van der Waals surface area contributed by atoms with Gasteiger partial charge in [0.15, 0.2) is 0 Å². The van der Waals surface area contributed by atoms with Crippen LogP contribution in [0.2, 0.25) is 5.02 Å². The van der Waals surface area contributed by atoms with E-state index < -0.39 is 0 Å². The lowest BCUT2D eigenvalue weighted by Gasteiger charge is -2.12. The molecule has 0 saturated carbocycles. The Morgan fingerprint density at radius 3 is 2.77 bits per heavy atom. The summed E-state index contributed by atoms with van der Waals surface area (Å²) in [7, 11) is 0. The van der Waals surface area contributed by atoms with Crippen LogP contribution in [-0.2, 0) is 0 Å². The van der Waals surface area contributed by atoms with Gasteiger partial charge in [-0.25, -0.2) is 0 Å². The van der Waals surface area contributed by atoms with E-state index in [1.165, 1.54) is 0 Å². The standard InChI is InChI=1S/C10H14ClNO/c1-7-4-3-5-9(11)10(7)12-6-8(2)13/h3-5,8,12-13H,6H2,1-2H3. The summed E-state index contributed by atoms with van der Waals surface area (Å²) in [5.41, 5.74) is 2.00. The van der Waals surface area contributed by atoms with Crippen LogP contribution in [0, 0.1) is 6.92 Å². The van der Waals surface area contributed by atoms with Crippen LogP contribution in [0.1, 0.15) is 12.5 Å². The molecule has 2 N–H and O–H groups in total. The van der Waals surface area contributed by atoms with E-state index in [9.17, 15) is 0 Å². The van der Waals surface area contributed by atoms with Crippen molar-refractivity contribution in [2.45, 2.75) is 20.0 Å². The molecule has 1 atom stereocenters. The van der Waals surface area contributed by atoms with Gasteiger partial charge >= 0.3 is 0 Å². The molecule has 0 aliphatic rings. The van der Waals surface area contributed by atoms with Crippen molar-refractivity contribution in [3.05, 3.63) is 28.8 Å². The summed E-state index contributed by atoms with van der Waals surface area (Å²) in [6.45, 7) is 4.24. The fraction of sp³-hybridized carbons (Fsp3) is 0.400. The number of nitrogens with one attached hydrogen (secondary N) is 1. The van der Waals surface area contributed by atoms with Gasteiger partial charge in [0.1, 0.15) is 0 Å². The molecule has 0 aromatic heterocycles. The Labute approximate surface area is 83.5 Å². The maximum Gasteiger partial charge on any atom is 0.0684 e. The summed E-state index contributed by atoms with van der Waals surface area (Å²) < 4.78 is 0. The molecule has 0 aliphatic heterocycles. The first-order chi connectivity index (χ1) is 6.11. The van der Waals surface area contributed by atoms with E-state index in [1.807, 2.05) is 25.1 Å². The number of aliphatic hydroxyl groups excluding tert-OH is 1. The molecular weight excluding hydrogens is 186 g/mol. The van der Waals surface area contributed by atoms with Crippen LogP contribution < -0.4 is 5.32 Å². The molecule has 2 nitrogen and oxygen atoms in total. The average molecular weight is 200 g/mol. The number of halogens is 1. The minimum absolute atomic E-state index is 0.365. The third-order valence-electron chi connectivity index (χ3n) is 1.80. The molecule has 1 rings (SSSR count). The van der Waals surface area contributed by atoms with E-state index in [0.717, 1.165) is 11.3 Å². The minimum Gasteiger partial charge on any atom is -0.392 e. The van der Waals surface area contributed by atoms with Crippen LogP contribution >= 0.6 is 11.6 Å². The van der Waals surface area contributed by atoms with Crippen molar-refractivity contribution >= 4 is 17.3 Å². The molecule has 1 aromatic carbocycles. The maximum atomic E-state index is 9.09. The van der Waals surface area contributed by atoms with Crippen molar-refractivity contribution < 1.29 is 5.11 Å². The fourth-order valence-corrected chi connectivity index (χ4v) is 1.39. The average Bonchev–Trinajstić information content (AvgIpc) is 2.03. The summed E-state index contributed by atoms with van der Waals surface area (Å²) in [6, 6.07) is 5.72. The maximum absolute atomic E-state index is 9.09. The van der Waals surface area contributed by atoms with Gasteiger partial charge in [-0.3, -0.25) is 0 Å². The van der Waals surface area contributed by atoms with Gasteiger partial charge in [0, 0.05) is 6.54 Å². The Kier molecular flexibility index (Phi) is 3.58. The molecule has 0 spiro atoms. The third kappa shape index (κ3) is 2.90. The number of aryl methyl sites for hydroxylation is 1. The van der Waals surface area contributed by atoms with Gasteiger partial charge < -0.3 is 10.4 Å². The largest absolute Gasteiger partial charge is 0.392 e. The van der Waals surface area contributed by atoms with Gasteiger partial charge in [0.25, 0.3) is 0 Å². The lowest BCUT2D eigenvalue weighted by atomic mass is 10.2. The lowest BCUT2D eigenvalue weighted by Crippen LogP contribution is -2.16. The number of benzene rings is 1. The van der Waals surface area contributed by atoms with Crippen LogP contribution in [0.4, 0.5) is 5.69 Å². The first kappa shape index (κ1) is 10.4. The van der Waals surface area contributed by atoms with Crippen molar-refractivity contribution in [2.75, 3.05) is 11.9 Å². The molecule has 0 bridgehead atoms. The first-order valence-corrected chi connectivity index (χ1v) is 4.66. The first-order valence-electron chi connectivity index (χ1n) is 4.28. The predicted octanol–water partition coefficient (Wildman–Crippen LogP) is 2.44. The quantitative estimate of drug-likeness (QED) is 0.784. The highest BCUT2D eigenvalue weighted by Crippen LogP contribution is 2.24. The third-order valence-corrected chi connectivity index (χ3v) is 2.11. The van der Waals surface area contributed by atoms with Gasteiger partial charge in [-0.15, -0.1) is 0 Å². The van der Waals surface area contributed by atoms with E-state index >= 15 is 0 Å². The molecule has 1 aromatic rings. The zero-order valence-corrected chi connectivity index (χ0v) is 8.60. The van der Waals surface area contributed by atoms with E-state index in [1.54, 1.807) is 6.92 Å². The van der Waals surface area contributed by atoms with Crippen molar-refractivity contribution in [1.29, 1.82) is 0 Å². The topological polar surface area (TPSA) is 32.3 Å². The number of rotatable bonds is 3. The zero-order valence-electron chi connectivity index (χ0n) is 7.84. The molecule has 13 heavy (non-hydrogen) atoms. The van der Waals surface area contributed by atoms with E-state index in [-0.39, 0.29) is 6.10 Å². The fourth-order valence-electron chi connectivity index (χ4n) is 1.11. The number of aliphatic hydroxyl groups is 1. The van der Waals surface area contributed by atoms with Crippen LogP contribution in [0.3, 0.4) is 0 Å². The number of hydrogen-bond acceptors (Lipinski definition) is 2. The second-order valence-electron chi connectivity index (χ2n) is 3.16. The molecule has 0 fully saturated rings. The Bertz CT molecular complexity index is 266. The normalized spacial score (nSPS) is 12.6. The molecule has 0 saturated heterocycles. The molecule has 0 aliphatic carbocycles. The smallest absolute Gasteiger partial charge is 0.0684 e. The van der Waals surface area contributed by atoms with Crippen LogP contribution in [-0.4, -0.2) is 17.8 Å². The summed E-state index contributed by atoms with van der Waals surface area (Å²) >= 11 is 5.97. The number of anilines is 1. The number of hydrogen-bond donors (Lipinski definition) is 2. The molecule has 0 amide bonds. The Hall–Kier alpha value is -0.730. The minimum atomic E-state index is -0.365. The highest BCUT2D eigenvalue weighted by atomic mass is 35.5. The Balaban J connectivity index is 2.75. The number of para-hydroxylation sites is 1. The molecular formula is C10H14ClNO. The Morgan fingerprint density at radius 1 is 1.54 bits per heavy atom. The second kappa shape index (κ2) is 4.49. The molecule has 72 valence electrons. The van der Waals surface area contributed by atoms with Crippen LogP contribution in [0.5, 0.6) is 0 Å². The van der Waals surface area contributed by atoms with Gasteiger partial charge in [-0.05, 0) is 25.5 Å². The molecule has 3 heteroatoms. The van der Waals surface area contributed by atoms with E-state index in [2.05, 4.69) is 5.32 Å². The van der Waals surface area contributed by atoms with Crippen molar-refractivity contribution in [1.82, 2.24) is 0 Å².